The zero-order valence-electron chi connectivity index (χ0n) is 7.85. The molecule has 0 aromatic carbocycles. The molecule has 0 amide bonds. The van der Waals surface area contributed by atoms with Crippen molar-refractivity contribution in [2.45, 2.75) is 27.2 Å². The zero-order valence-corrected chi connectivity index (χ0v) is 7.85. The summed E-state index contributed by atoms with van der Waals surface area (Å²) < 4.78 is 5.55. The lowest BCUT2D eigenvalue weighted by molar-refractivity contribution is 0.312. The minimum absolute atomic E-state index is 0.763. The van der Waals surface area contributed by atoms with Crippen molar-refractivity contribution in [3.8, 4) is 5.75 Å². The van der Waals surface area contributed by atoms with Crippen molar-refractivity contribution in [3.63, 3.8) is 0 Å². The van der Waals surface area contributed by atoms with E-state index in [0.29, 0.717) is 0 Å². The Morgan fingerprint density at radius 2 is 2.25 bits per heavy atom. The molecule has 0 atom stereocenters. The van der Waals surface area contributed by atoms with Crippen LogP contribution in [0.1, 0.15) is 24.5 Å². The van der Waals surface area contributed by atoms with Gasteiger partial charge in [-0.15, -0.1) is 0 Å². The second-order valence-electron chi connectivity index (χ2n) is 2.86. The highest BCUT2D eigenvalue weighted by molar-refractivity contribution is 5.35. The van der Waals surface area contributed by atoms with Gasteiger partial charge < -0.3 is 4.74 Å². The predicted octanol–water partition coefficient (Wildman–Crippen LogP) is 2.29. The molecule has 1 aromatic heterocycles. The van der Waals surface area contributed by atoms with Crippen molar-refractivity contribution >= 4 is 0 Å². The zero-order chi connectivity index (χ0) is 8.97. The van der Waals surface area contributed by atoms with E-state index in [0.717, 1.165) is 29.9 Å². The number of hydrogen-bond donors (Lipinski definition) is 0. The first kappa shape index (κ1) is 9.04. The smallest absolute Gasteiger partial charge is 0.128 e. The fourth-order valence-electron chi connectivity index (χ4n) is 1.06. The second-order valence-corrected chi connectivity index (χ2v) is 2.86. The third-order valence-corrected chi connectivity index (χ3v) is 1.64. The number of rotatable bonds is 3. The molecule has 0 aliphatic heterocycles. The quantitative estimate of drug-likeness (QED) is 0.683. The molecule has 2 nitrogen and oxygen atoms in total. The molecular formula is C10H14NO. The van der Waals surface area contributed by atoms with Gasteiger partial charge in [-0.1, -0.05) is 6.92 Å². The average Bonchev–Trinajstić information content (AvgIpc) is 2.04. The van der Waals surface area contributed by atoms with Crippen LogP contribution in [0.4, 0.5) is 0 Å². The maximum absolute atomic E-state index is 5.55. The first-order valence-electron chi connectivity index (χ1n) is 4.22. The van der Waals surface area contributed by atoms with Crippen LogP contribution in [0.25, 0.3) is 0 Å². The monoisotopic (exact) mass is 164 g/mol. The van der Waals surface area contributed by atoms with Gasteiger partial charge in [-0.25, -0.2) is 0 Å². The SMILES string of the molecule is CCCOc1c(C)[c]ncc1C. The summed E-state index contributed by atoms with van der Waals surface area (Å²) in [6.07, 6.45) is 5.68. The van der Waals surface area contributed by atoms with Crippen molar-refractivity contribution in [2.75, 3.05) is 6.61 Å². The van der Waals surface area contributed by atoms with E-state index < -0.39 is 0 Å². The Labute approximate surface area is 73.6 Å². The molecule has 0 saturated heterocycles. The van der Waals surface area contributed by atoms with Gasteiger partial charge in [0.25, 0.3) is 0 Å². The van der Waals surface area contributed by atoms with Crippen LogP contribution in [-0.2, 0) is 0 Å². The summed E-state index contributed by atoms with van der Waals surface area (Å²) in [5.41, 5.74) is 2.07. The van der Waals surface area contributed by atoms with Crippen LogP contribution >= 0.6 is 0 Å². The third kappa shape index (κ3) is 1.97. The number of nitrogens with zero attached hydrogens (tertiary/aromatic N) is 1. The Morgan fingerprint density at radius 1 is 1.50 bits per heavy atom. The standard InChI is InChI=1S/C10H14NO/c1-4-5-12-10-8(2)6-11-7-9(10)3/h6H,4-5H2,1-3H3. The van der Waals surface area contributed by atoms with Crippen LogP contribution in [-0.4, -0.2) is 11.6 Å². The lowest BCUT2D eigenvalue weighted by atomic mass is 10.2. The highest BCUT2D eigenvalue weighted by Crippen LogP contribution is 2.20. The summed E-state index contributed by atoms with van der Waals surface area (Å²) >= 11 is 0. The highest BCUT2D eigenvalue weighted by atomic mass is 16.5. The van der Waals surface area contributed by atoms with Crippen LogP contribution in [0.15, 0.2) is 6.20 Å². The van der Waals surface area contributed by atoms with Crippen molar-refractivity contribution in [1.82, 2.24) is 4.98 Å². The van der Waals surface area contributed by atoms with E-state index in [9.17, 15) is 0 Å². The van der Waals surface area contributed by atoms with Gasteiger partial charge in [0.2, 0.25) is 0 Å². The van der Waals surface area contributed by atoms with Crippen LogP contribution in [0.2, 0.25) is 0 Å². The molecule has 0 aliphatic carbocycles. The van der Waals surface area contributed by atoms with Gasteiger partial charge in [0.05, 0.1) is 12.8 Å². The van der Waals surface area contributed by atoms with E-state index in [2.05, 4.69) is 18.1 Å². The molecule has 1 heterocycles. The summed E-state index contributed by atoms with van der Waals surface area (Å²) in [4.78, 5) is 3.95. The molecule has 2 heteroatoms. The fraction of sp³-hybridized carbons (Fsp3) is 0.500. The Kier molecular flexibility index (Phi) is 3.09. The molecule has 1 radical (unpaired) electrons. The van der Waals surface area contributed by atoms with Crippen LogP contribution in [0.3, 0.4) is 0 Å². The van der Waals surface area contributed by atoms with E-state index in [1.54, 1.807) is 6.20 Å². The van der Waals surface area contributed by atoms with Crippen molar-refractivity contribution in [1.29, 1.82) is 0 Å². The molecular weight excluding hydrogens is 150 g/mol. The Hall–Kier alpha value is -1.05. The van der Waals surface area contributed by atoms with Gasteiger partial charge in [0.15, 0.2) is 0 Å². The largest absolute Gasteiger partial charge is 0.493 e. The number of aromatic nitrogens is 1. The van der Waals surface area contributed by atoms with Crippen molar-refractivity contribution < 1.29 is 4.74 Å². The molecule has 0 bridgehead atoms. The topological polar surface area (TPSA) is 22.1 Å². The maximum atomic E-state index is 5.55. The van der Waals surface area contributed by atoms with Crippen LogP contribution in [0.5, 0.6) is 5.75 Å². The Balaban J connectivity index is 2.81. The molecule has 65 valence electrons. The lowest BCUT2D eigenvalue weighted by Gasteiger charge is -2.09. The van der Waals surface area contributed by atoms with Gasteiger partial charge in [-0.2, -0.15) is 0 Å². The summed E-state index contributed by atoms with van der Waals surface area (Å²) in [7, 11) is 0. The number of pyridine rings is 1. The molecule has 1 aromatic rings. The van der Waals surface area contributed by atoms with E-state index >= 15 is 0 Å². The van der Waals surface area contributed by atoms with Crippen molar-refractivity contribution in [2.24, 2.45) is 0 Å². The Bertz CT molecular complexity index is 238. The van der Waals surface area contributed by atoms with Gasteiger partial charge in [0, 0.05) is 17.3 Å². The Morgan fingerprint density at radius 3 is 2.83 bits per heavy atom. The molecule has 0 aliphatic rings. The summed E-state index contributed by atoms with van der Waals surface area (Å²) in [5, 5.41) is 0. The second kappa shape index (κ2) is 4.10. The summed E-state index contributed by atoms with van der Waals surface area (Å²) in [5.74, 6) is 0.937. The molecule has 0 saturated carbocycles. The number of ether oxygens (including phenoxy) is 1. The maximum Gasteiger partial charge on any atom is 0.128 e. The molecule has 0 spiro atoms. The van der Waals surface area contributed by atoms with Gasteiger partial charge >= 0.3 is 0 Å². The van der Waals surface area contributed by atoms with Gasteiger partial charge in [-0.05, 0) is 20.3 Å². The average molecular weight is 164 g/mol. The van der Waals surface area contributed by atoms with Crippen LogP contribution < -0.4 is 4.74 Å². The van der Waals surface area contributed by atoms with Gasteiger partial charge in [0.1, 0.15) is 5.75 Å². The van der Waals surface area contributed by atoms with E-state index in [4.69, 9.17) is 4.74 Å². The normalized spacial score (nSPS) is 9.92. The van der Waals surface area contributed by atoms with E-state index in [-0.39, 0.29) is 0 Å². The first-order chi connectivity index (χ1) is 5.75. The molecule has 0 unspecified atom stereocenters. The van der Waals surface area contributed by atoms with Gasteiger partial charge in [-0.3, -0.25) is 4.98 Å². The van der Waals surface area contributed by atoms with E-state index in [1.165, 1.54) is 0 Å². The molecule has 12 heavy (non-hydrogen) atoms. The predicted molar refractivity (Wildman–Crippen MR) is 48.3 cm³/mol. The highest BCUT2D eigenvalue weighted by Gasteiger charge is 2.02. The minimum atomic E-state index is 0.763. The number of hydrogen-bond acceptors (Lipinski definition) is 2. The summed E-state index contributed by atoms with van der Waals surface area (Å²) in [6.45, 7) is 6.82. The number of aryl methyl sites for hydroxylation is 2. The minimum Gasteiger partial charge on any atom is -0.493 e. The van der Waals surface area contributed by atoms with Crippen molar-refractivity contribution in [3.05, 3.63) is 23.5 Å². The lowest BCUT2D eigenvalue weighted by Crippen LogP contribution is -1.99. The van der Waals surface area contributed by atoms with E-state index in [1.807, 2.05) is 13.8 Å². The van der Waals surface area contributed by atoms with Crippen LogP contribution in [0, 0.1) is 20.0 Å². The third-order valence-electron chi connectivity index (χ3n) is 1.64. The molecule has 0 fully saturated rings. The fourth-order valence-corrected chi connectivity index (χ4v) is 1.06. The molecule has 1 rings (SSSR count). The molecule has 0 N–H and O–H groups in total. The first-order valence-corrected chi connectivity index (χ1v) is 4.22. The summed E-state index contributed by atoms with van der Waals surface area (Å²) in [6, 6.07) is 0.